The van der Waals surface area contributed by atoms with Gasteiger partial charge >= 0.3 is 0 Å². The van der Waals surface area contributed by atoms with Crippen LogP contribution >= 0.6 is 12.4 Å². The quantitative estimate of drug-likeness (QED) is 0.895. The third kappa shape index (κ3) is 2.90. The van der Waals surface area contributed by atoms with Crippen LogP contribution in [0.3, 0.4) is 0 Å². The number of anilines is 1. The number of aliphatic hydroxyl groups excluding tert-OH is 1. The molecule has 1 fully saturated rings. The van der Waals surface area contributed by atoms with E-state index in [1.165, 1.54) is 0 Å². The van der Waals surface area contributed by atoms with Gasteiger partial charge in [0.15, 0.2) is 0 Å². The summed E-state index contributed by atoms with van der Waals surface area (Å²) in [4.78, 5) is 7.06. The fraction of sp³-hybridized carbons (Fsp3) is 0.500. The third-order valence-corrected chi connectivity index (χ3v) is 3.58. The van der Waals surface area contributed by atoms with E-state index in [1.807, 2.05) is 18.2 Å². The molecule has 5 nitrogen and oxygen atoms in total. The molecule has 2 N–H and O–H groups in total. The maximum Gasteiger partial charge on any atom is 0.206 e. The van der Waals surface area contributed by atoms with Gasteiger partial charge in [-0.25, -0.2) is 4.98 Å². The van der Waals surface area contributed by atoms with Crippen LogP contribution in [0, 0.1) is 0 Å². The Bertz CT molecular complexity index is 549. The average molecular weight is 297 g/mol. The number of halogens is 1. The lowest BCUT2D eigenvalue weighted by Crippen LogP contribution is -2.30. The molecule has 110 valence electrons. The highest BCUT2D eigenvalue weighted by Crippen LogP contribution is 2.22. The van der Waals surface area contributed by atoms with E-state index in [4.69, 9.17) is 4.98 Å². The van der Waals surface area contributed by atoms with E-state index < -0.39 is 0 Å². The molecule has 1 aliphatic heterocycles. The van der Waals surface area contributed by atoms with E-state index in [9.17, 15) is 5.11 Å². The standard InChI is InChI=1S/C14H20N4O.ClH/c19-11-10-18-13-5-2-1-4-12(13)16-14(18)17-8-3-6-15-7-9-17;/h1-2,4-5,15,19H,3,6-11H2;1H. The van der Waals surface area contributed by atoms with Crippen molar-refractivity contribution in [3.63, 3.8) is 0 Å². The van der Waals surface area contributed by atoms with E-state index in [2.05, 4.69) is 20.9 Å². The van der Waals surface area contributed by atoms with Gasteiger partial charge in [-0.3, -0.25) is 0 Å². The van der Waals surface area contributed by atoms with E-state index in [1.54, 1.807) is 0 Å². The van der Waals surface area contributed by atoms with Crippen LogP contribution in [0.4, 0.5) is 5.95 Å². The van der Waals surface area contributed by atoms with Crippen LogP contribution in [0.5, 0.6) is 0 Å². The number of aromatic nitrogens is 2. The zero-order valence-corrected chi connectivity index (χ0v) is 12.3. The average Bonchev–Trinajstić information content (AvgIpc) is 2.64. The second-order valence-corrected chi connectivity index (χ2v) is 4.87. The smallest absolute Gasteiger partial charge is 0.206 e. The lowest BCUT2D eigenvalue weighted by atomic mass is 10.3. The molecule has 0 amide bonds. The minimum Gasteiger partial charge on any atom is -0.395 e. The summed E-state index contributed by atoms with van der Waals surface area (Å²) >= 11 is 0. The molecule has 0 bridgehead atoms. The fourth-order valence-electron chi connectivity index (χ4n) is 2.67. The van der Waals surface area contributed by atoms with Gasteiger partial charge < -0.3 is 19.9 Å². The fourth-order valence-corrected chi connectivity index (χ4v) is 2.67. The van der Waals surface area contributed by atoms with E-state index in [-0.39, 0.29) is 19.0 Å². The first-order valence-corrected chi connectivity index (χ1v) is 6.92. The second-order valence-electron chi connectivity index (χ2n) is 4.87. The Labute approximate surface area is 125 Å². The third-order valence-electron chi connectivity index (χ3n) is 3.58. The summed E-state index contributed by atoms with van der Waals surface area (Å²) in [6.07, 6.45) is 1.13. The second kappa shape index (κ2) is 6.92. The highest BCUT2D eigenvalue weighted by molar-refractivity contribution is 5.85. The first-order chi connectivity index (χ1) is 9.40. The first-order valence-electron chi connectivity index (χ1n) is 6.92. The topological polar surface area (TPSA) is 53.3 Å². The Morgan fingerprint density at radius 2 is 2.05 bits per heavy atom. The largest absolute Gasteiger partial charge is 0.395 e. The molecule has 2 aromatic rings. The molecule has 1 aromatic carbocycles. The number of hydrogen-bond donors (Lipinski definition) is 2. The van der Waals surface area contributed by atoms with Gasteiger partial charge in [-0.05, 0) is 25.1 Å². The molecule has 20 heavy (non-hydrogen) atoms. The van der Waals surface area contributed by atoms with E-state index in [0.29, 0.717) is 6.54 Å². The van der Waals surface area contributed by atoms with Crippen LogP contribution in [0.1, 0.15) is 6.42 Å². The molecular weight excluding hydrogens is 276 g/mol. The van der Waals surface area contributed by atoms with Crippen molar-refractivity contribution in [1.29, 1.82) is 0 Å². The van der Waals surface area contributed by atoms with Crippen molar-refractivity contribution in [2.45, 2.75) is 13.0 Å². The number of para-hydroxylation sites is 2. The van der Waals surface area contributed by atoms with Crippen LogP contribution in [-0.4, -0.2) is 47.4 Å². The lowest BCUT2D eigenvalue weighted by Gasteiger charge is -2.22. The van der Waals surface area contributed by atoms with Gasteiger partial charge in [-0.1, -0.05) is 12.1 Å². The van der Waals surface area contributed by atoms with Crippen molar-refractivity contribution in [1.82, 2.24) is 14.9 Å². The van der Waals surface area contributed by atoms with Gasteiger partial charge in [0.2, 0.25) is 5.95 Å². The summed E-state index contributed by atoms with van der Waals surface area (Å²) in [5.41, 5.74) is 2.10. The molecule has 3 rings (SSSR count). The predicted octanol–water partition coefficient (Wildman–Crippen LogP) is 1.25. The Morgan fingerprint density at radius 3 is 2.90 bits per heavy atom. The zero-order chi connectivity index (χ0) is 13.1. The van der Waals surface area contributed by atoms with Gasteiger partial charge in [0, 0.05) is 26.2 Å². The maximum absolute atomic E-state index is 9.30. The summed E-state index contributed by atoms with van der Waals surface area (Å²) in [5.74, 6) is 0.985. The van der Waals surface area contributed by atoms with Gasteiger partial charge in [-0.2, -0.15) is 0 Å². The van der Waals surface area contributed by atoms with Gasteiger partial charge in [-0.15, -0.1) is 12.4 Å². The van der Waals surface area contributed by atoms with Crippen LogP contribution in [0.25, 0.3) is 11.0 Å². The van der Waals surface area contributed by atoms with Crippen molar-refractivity contribution in [3.05, 3.63) is 24.3 Å². The maximum atomic E-state index is 9.30. The summed E-state index contributed by atoms with van der Waals surface area (Å²) in [5, 5.41) is 12.7. The number of nitrogens with zero attached hydrogens (tertiary/aromatic N) is 3. The minimum atomic E-state index is 0. The molecule has 1 aromatic heterocycles. The number of imidazole rings is 1. The number of nitrogens with one attached hydrogen (secondary N) is 1. The normalized spacial score (nSPS) is 15.9. The summed E-state index contributed by atoms with van der Waals surface area (Å²) < 4.78 is 2.13. The van der Waals surface area contributed by atoms with Gasteiger partial charge in [0.05, 0.1) is 17.6 Å². The van der Waals surface area contributed by atoms with Crippen molar-refractivity contribution in [2.75, 3.05) is 37.7 Å². The molecular formula is C14H21ClN4O. The van der Waals surface area contributed by atoms with Crippen LogP contribution in [0.15, 0.2) is 24.3 Å². The molecule has 0 spiro atoms. The Morgan fingerprint density at radius 1 is 1.20 bits per heavy atom. The number of benzene rings is 1. The number of rotatable bonds is 3. The summed E-state index contributed by atoms with van der Waals surface area (Å²) in [6.45, 7) is 4.77. The van der Waals surface area contributed by atoms with Crippen molar-refractivity contribution in [2.24, 2.45) is 0 Å². The molecule has 0 saturated carbocycles. The van der Waals surface area contributed by atoms with Gasteiger partial charge in [0.1, 0.15) is 0 Å². The number of fused-ring (bicyclic) bond motifs is 1. The molecule has 1 saturated heterocycles. The Kier molecular flexibility index (Phi) is 5.23. The van der Waals surface area contributed by atoms with Gasteiger partial charge in [0.25, 0.3) is 0 Å². The molecule has 0 atom stereocenters. The first kappa shape index (κ1) is 15.1. The van der Waals surface area contributed by atoms with E-state index >= 15 is 0 Å². The highest BCUT2D eigenvalue weighted by atomic mass is 35.5. The Balaban J connectivity index is 0.00000147. The van der Waals surface area contributed by atoms with E-state index in [0.717, 1.165) is 49.6 Å². The van der Waals surface area contributed by atoms with Crippen molar-refractivity contribution >= 4 is 29.4 Å². The molecule has 0 radical (unpaired) electrons. The summed E-state index contributed by atoms with van der Waals surface area (Å²) in [7, 11) is 0. The number of hydrogen-bond acceptors (Lipinski definition) is 4. The molecule has 6 heteroatoms. The van der Waals surface area contributed by atoms with Crippen LogP contribution < -0.4 is 10.2 Å². The van der Waals surface area contributed by atoms with Crippen LogP contribution in [-0.2, 0) is 6.54 Å². The summed E-state index contributed by atoms with van der Waals surface area (Å²) in [6, 6.07) is 8.12. The predicted molar refractivity (Wildman–Crippen MR) is 83.8 cm³/mol. The molecule has 1 aliphatic rings. The SMILES string of the molecule is Cl.OCCn1c(N2CCCNCC2)nc2ccccc21. The molecule has 2 heterocycles. The van der Waals surface area contributed by atoms with Crippen LogP contribution in [0.2, 0.25) is 0 Å². The minimum absolute atomic E-state index is 0. The molecule has 0 unspecified atom stereocenters. The van der Waals surface area contributed by atoms with Crippen molar-refractivity contribution in [3.8, 4) is 0 Å². The Hall–Kier alpha value is -1.30. The lowest BCUT2D eigenvalue weighted by molar-refractivity contribution is 0.278. The highest BCUT2D eigenvalue weighted by Gasteiger charge is 2.17. The molecule has 0 aliphatic carbocycles. The van der Waals surface area contributed by atoms with Crippen molar-refractivity contribution < 1.29 is 5.11 Å². The number of aliphatic hydroxyl groups is 1. The zero-order valence-electron chi connectivity index (χ0n) is 11.5. The monoisotopic (exact) mass is 296 g/mol.